The summed E-state index contributed by atoms with van der Waals surface area (Å²) in [6.45, 7) is 2.60. The predicted molar refractivity (Wildman–Crippen MR) is 96.6 cm³/mol. The lowest BCUT2D eigenvalue weighted by molar-refractivity contribution is 0.00523. The number of carbonyl (C=O) groups is 1. The Morgan fingerprint density at radius 3 is 2.50 bits per heavy atom. The van der Waals surface area contributed by atoms with E-state index < -0.39 is 6.23 Å². The van der Waals surface area contributed by atoms with E-state index in [1.807, 2.05) is 55.5 Å². The topological polar surface area (TPSA) is 51.3 Å². The number of benzene rings is 2. The summed E-state index contributed by atoms with van der Waals surface area (Å²) in [5, 5.41) is 0. The largest absolute Gasteiger partial charge is 0.450 e. The van der Waals surface area contributed by atoms with Gasteiger partial charge in [0.15, 0.2) is 6.23 Å². The van der Waals surface area contributed by atoms with Crippen LogP contribution in [0.15, 0.2) is 60.7 Å². The molecule has 2 heterocycles. The first kappa shape index (κ1) is 17.1. The maximum absolute atomic E-state index is 12.6. The number of nitrogens with zero attached hydrogens (tertiary/aromatic N) is 1. The van der Waals surface area contributed by atoms with Gasteiger partial charge in [0.2, 0.25) is 0 Å². The Kier molecular flexibility index (Phi) is 4.91. The monoisotopic (exact) mass is 353 g/mol. The third-order valence-corrected chi connectivity index (χ3v) is 4.88. The Hall–Kier alpha value is -2.37. The van der Waals surface area contributed by atoms with E-state index in [-0.39, 0.29) is 24.3 Å². The van der Waals surface area contributed by atoms with Gasteiger partial charge in [-0.1, -0.05) is 60.7 Å². The third kappa shape index (κ3) is 3.45. The Balaban J connectivity index is 1.49. The summed E-state index contributed by atoms with van der Waals surface area (Å²) in [6, 6.07) is 20.0. The van der Waals surface area contributed by atoms with E-state index in [2.05, 4.69) is 12.1 Å². The van der Waals surface area contributed by atoms with Crippen LogP contribution in [0.1, 0.15) is 24.1 Å². The van der Waals surface area contributed by atoms with Gasteiger partial charge in [-0.2, -0.15) is 0 Å². The van der Waals surface area contributed by atoms with Crippen LogP contribution in [-0.2, 0) is 20.6 Å². The molecule has 4 rings (SSSR count). The second-order valence-corrected chi connectivity index (χ2v) is 6.59. The molecule has 2 aromatic carbocycles. The number of epoxide rings is 1. The van der Waals surface area contributed by atoms with Crippen LogP contribution in [0, 0.1) is 0 Å². The Morgan fingerprint density at radius 2 is 1.81 bits per heavy atom. The second kappa shape index (κ2) is 7.48. The lowest BCUT2D eigenvalue weighted by Crippen LogP contribution is -2.42. The summed E-state index contributed by atoms with van der Waals surface area (Å²) in [6.07, 6.45) is 0.00542. The molecule has 5 nitrogen and oxygen atoms in total. The number of carbonyl (C=O) groups excluding carboxylic acids is 1. The quantitative estimate of drug-likeness (QED) is 0.772. The first-order chi connectivity index (χ1) is 12.8. The summed E-state index contributed by atoms with van der Waals surface area (Å²) in [5.74, 6) is 0. The molecule has 0 unspecified atom stereocenters. The van der Waals surface area contributed by atoms with E-state index in [9.17, 15) is 4.79 Å². The van der Waals surface area contributed by atoms with Crippen LogP contribution >= 0.6 is 0 Å². The number of rotatable bonds is 5. The van der Waals surface area contributed by atoms with Crippen molar-refractivity contribution in [2.45, 2.75) is 37.8 Å². The molecule has 1 amide bonds. The van der Waals surface area contributed by atoms with Gasteiger partial charge < -0.3 is 14.2 Å². The zero-order chi connectivity index (χ0) is 17.9. The van der Waals surface area contributed by atoms with Gasteiger partial charge in [0.05, 0.1) is 25.4 Å². The first-order valence-electron chi connectivity index (χ1n) is 9.09. The van der Waals surface area contributed by atoms with E-state index in [4.69, 9.17) is 14.2 Å². The van der Waals surface area contributed by atoms with Gasteiger partial charge in [-0.15, -0.1) is 0 Å². The molecule has 0 saturated carbocycles. The van der Waals surface area contributed by atoms with Crippen molar-refractivity contribution in [3.05, 3.63) is 71.8 Å². The Bertz CT molecular complexity index is 736. The van der Waals surface area contributed by atoms with E-state index in [1.54, 1.807) is 4.90 Å². The lowest BCUT2D eigenvalue weighted by Gasteiger charge is -2.26. The maximum atomic E-state index is 12.6. The molecular weight excluding hydrogens is 330 g/mol. The molecule has 0 N–H and O–H groups in total. The van der Waals surface area contributed by atoms with Crippen molar-refractivity contribution in [3.63, 3.8) is 0 Å². The van der Waals surface area contributed by atoms with Gasteiger partial charge in [0, 0.05) is 6.42 Å². The van der Waals surface area contributed by atoms with Crippen molar-refractivity contribution in [2.75, 3.05) is 13.2 Å². The lowest BCUT2D eigenvalue weighted by atomic mass is 10.1. The highest BCUT2D eigenvalue weighted by Crippen LogP contribution is 2.40. The smallest absolute Gasteiger partial charge is 0.412 e. The summed E-state index contributed by atoms with van der Waals surface area (Å²) < 4.78 is 17.2. The maximum Gasteiger partial charge on any atom is 0.412 e. The minimum atomic E-state index is -0.409. The molecule has 2 aliphatic heterocycles. The van der Waals surface area contributed by atoms with Crippen molar-refractivity contribution in [1.29, 1.82) is 0 Å². The van der Waals surface area contributed by atoms with Crippen molar-refractivity contribution < 1.29 is 19.0 Å². The summed E-state index contributed by atoms with van der Waals surface area (Å²) >= 11 is 0. The zero-order valence-electron chi connectivity index (χ0n) is 14.8. The molecule has 2 fully saturated rings. The highest BCUT2D eigenvalue weighted by Gasteiger charge is 2.54. The molecule has 5 heteroatoms. The molecule has 4 atom stereocenters. The summed E-state index contributed by atoms with van der Waals surface area (Å²) in [5.41, 5.74) is 2.27. The van der Waals surface area contributed by atoms with Crippen LogP contribution in [0.5, 0.6) is 0 Å². The molecule has 26 heavy (non-hydrogen) atoms. The van der Waals surface area contributed by atoms with Gasteiger partial charge in [0.1, 0.15) is 6.10 Å². The molecule has 2 aromatic rings. The van der Waals surface area contributed by atoms with Crippen LogP contribution in [0.4, 0.5) is 4.79 Å². The van der Waals surface area contributed by atoms with Crippen molar-refractivity contribution in [1.82, 2.24) is 4.90 Å². The molecule has 0 spiro atoms. The minimum absolute atomic E-state index is 0.0637. The molecule has 0 radical (unpaired) electrons. The predicted octanol–water partition coefficient (Wildman–Crippen LogP) is 3.55. The second-order valence-electron chi connectivity index (χ2n) is 6.59. The number of amides is 1. The van der Waals surface area contributed by atoms with Crippen LogP contribution in [-0.4, -0.2) is 42.6 Å². The van der Waals surface area contributed by atoms with Gasteiger partial charge in [-0.25, -0.2) is 4.79 Å². The summed E-state index contributed by atoms with van der Waals surface area (Å²) in [4.78, 5) is 14.3. The fourth-order valence-corrected chi connectivity index (χ4v) is 3.56. The summed E-state index contributed by atoms with van der Waals surface area (Å²) in [7, 11) is 0. The normalized spacial score (nSPS) is 27.3. The van der Waals surface area contributed by atoms with Crippen LogP contribution in [0.3, 0.4) is 0 Å². The van der Waals surface area contributed by atoms with Crippen molar-refractivity contribution in [2.24, 2.45) is 0 Å². The van der Waals surface area contributed by atoms with E-state index in [1.165, 1.54) is 5.56 Å². The molecule has 0 aliphatic carbocycles. The molecule has 0 aromatic heterocycles. The first-order valence-corrected chi connectivity index (χ1v) is 9.09. The van der Waals surface area contributed by atoms with Crippen molar-refractivity contribution >= 4 is 6.09 Å². The highest BCUT2D eigenvalue weighted by atomic mass is 16.6. The van der Waals surface area contributed by atoms with Gasteiger partial charge in [-0.3, -0.25) is 4.90 Å². The van der Waals surface area contributed by atoms with Gasteiger partial charge >= 0.3 is 6.09 Å². The Morgan fingerprint density at radius 1 is 1.12 bits per heavy atom. The SMILES string of the molecule is CCOC(=O)N1[C@@H](c2ccccc2)CO[C@H]1[C@H]1O[C@@H]1Cc1ccccc1. The highest BCUT2D eigenvalue weighted by molar-refractivity contribution is 5.69. The van der Waals surface area contributed by atoms with Crippen molar-refractivity contribution in [3.8, 4) is 0 Å². The van der Waals surface area contributed by atoms with Gasteiger partial charge in [-0.05, 0) is 18.1 Å². The zero-order valence-corrected chi connectivity index (χ0v) is 14.8. The Labute approximate surface area is 153 Å². The van der Waals surface area contributed by atoms with Crippen LogP contribution < -0.4 is 0 Å². The minimum Gasteiger partial charge on any atom is -0.450 e. The fourth-order valence-electron chi connectivity index (χ4n) is 3.56. The van der Waals surface area contributed by atoms with E-state index in [0.29, 0.717) is 13.2 Å². The number of hydrogen-bond acceptors (Lipinski definition) is 4. The number of ether oxygens (including phenoxy) is 3. The standard InChI is InChI=1S/C21H23NO4/c1-2-24-21(23)22-17(16-11-7-4-8-12-16)14-25-20(22)19-18(26-19)13-15-9-5-3-6-10-15/h3-12,17-20H,2,13-14H2,1H3/t17-,18-,19+,20+/m1/s1. The average Bonchev–Trinajstić information content (AvgIpc) is 3.28. The molecule has 2 aliphatic rings. The average molecular weight is 353 g/mol. The number of hydrogen-bond donors (Lipinski definition) is 0. The fraction of sp³-hybridized carbons (Fsp3) is 0.381. The van der Waals surface area contributed by atoms with Crippen LogP contribution in [0.2, 0.25) is 0 Å². The molecule has 136 valence electrons. The van der Waals surface area contributed by atoms with Gasteiger partial charge in [0.25, 0.3) is 0 Å². The molecule has 0 bridgehead atoms. The molecular formula is C21H23NO4. The van der Waals surface area contributed by atoms with E-state index in [0.717, 1.165) is 12.0 Å². The third-order valence-electron chi connectivity index (χ3n) is 4.88. The molecule has 2 saturated heterocycles. The van der Waals surface area contributed by atoms with E-state index >= 15 is 0 Å². The van der Waals surface area contributed by atoms with Crippen LogP contribution in [0.25, 0.3) is 0 Å².